The molecule has 14 heteroatoms. The van der Waals surface area contributed by atoms with Crippen molar-refractivity contribution in [3.05, 3.63) is 47.0 Å². The number of rotatable bonds is 7. The average molecular weight is 598 g/mol. The van der Waals surface area contributed by atoms with Crippen LogP contribution in [0.3, 0.4) is 0 Å². The third-order valence-electron chi connectivity index (χ3n) is 7.42. The van der Waals surface area contributed by atoms with Gasteiger partial charge in [0.25, 0.3) is 0 Å². The second kappa shape index (κ2) is 12.1. The van der Waals surface area contributed by atoms with E-state index in [0.29, 0.717) is 0 Å². The number of benzene rings is 1. The molecule has 1 aromatic carbocycles. The van der Waals surface area contributed by atoms with E-state index < -0.39 is 41.6 Å². The third-order valence-corrected chi connectivity index (χ3v) is 7.42. The molecule has 3 heterocycles. The van der Waals surface area contributed by atoms with Crippen LogP contribution in [0.4, 0.5) is 22.4 Å². The lowest BCUT2D eigenvalue weighted by Gasteiger charge is -2.44. The van der Waals surface area contributed by atoms with E-state index in [1.165, 1.54) is 26.8 Å². The van der Waals surface area contributed by atoms with Gasteiger partial charge in [-0.1, -0.05) is 0 Å². The van der Waals surface area contributed by atoms with E-state index >= 15 is 0 Å². The van der Waals surface area contributed by atoms with Crippen LogP contribution < -0.4 is 0 Å². The molecule has 3 atom stereocenters. The van der Waals surface area contributed by atoms with Crippen LogP contribution in [0, 0.1) is 5.82 Å². The molecule has 10 nitrogen and oxygen atoms in total. The Morgan fingerprint density at radius 2 is 1.86 bits per heavy atom. The third kappa shape index (κ3) is 7.16. The summed E-state index contributed by atoms with van der Waals surface area (Å²) in [5.41, 5.74) is -1.77. The van der Waals surface area contributed by atoms with Crippen LogP contribution in [0.25, 0.3) is 11.4 Å². The van der Waals surface area contributed by atoms with Crippen LogP contribution in [0.15, 0.2) is 24.3 Å². The molecule has 1 saturated heterocycles. The number of aliphatic hydroxyl groups excluding tert-OH is 1. The first-order valence-corrected chi connectivity index (χ1v) is 13.6. The molecule has 2 aliphatic rings. The molecular formula is C28H35F4N5O5. The molecular weight excluding hydrogens is 562 g/mol. The monoisotopic (exact) mass is 597 g/mol. The fourth-order valence-electron chi connectivity index (χ4n) is 5.51. The van der Waals surface area contributed by atoms with Crippen molar-refractivity contribution in [1.29, 1.82) is 0 Å². The van der Waals surface area contributed by atoms with Crippen molar-refractivity contribution in [1.82, 2.24) is 24.7 Å². The molecule has 1 fully saturated rings. The molecule has 4 rings (SSSR count). The maximum atomic E-state index is 14.0. The van der Waals surface area contributed by atoms with Gasteiger partial charge in [-0.05, 0) is 58.4 Å². The molecule has 1 unspecified atom stereocenters. The van der Waals surface area contributed by atoms with E-state index in [0.717, 1.165) is 12.1 Å². The normalized spacial score (nSPS) is 19.8. The number of hydrogen-bond acceptors (Lipinski definition) is 7. The van der Waals surface area contributed by atoms with E-state index in [4.69, 9.17) is 4.74 Å². The Morgan fingerprint density at radius 3 is 2.45 bits per heavy atom. The van der Waals surface area contributed by atoms with Crippen molar-refractivity contribution in [2.24, 2.45) is 0 Å². The quantitative estimate of drug-likeness (QED) is 0.464. The first-order valence-electron chi connectivity index (χ1n) is 13.6. The number of ether oxygens (including phenoxy) is 1. The summed E-state index contributed by atoms with van der Waals surface area (Å²) in [6, 6.07) is 3.95. The first-order chi connectivity index (χ1) is 19.5. The van der Waals surface area contributed by atoms with Gasteiger partial charge in [-0.25, -0.2) is 19.2 Å². The zero-order valence-electron chi connectivity index (χ0n) is 23.9. The predicted octanol–water partition coefficient (Wildman–Crippen LogP) is 3.76. The van der Waals surface area contributed by atoms with Gasteiger partial charge < -0.3 is 19.8 Å². The summed E-state index contributed by atoms with van der Waals surface area (Å²) in [5.74, 6) is -1.08. The minimum Gasteiger partial charge on any atom is -0.465 e. The predicted molar refractivity (Wildman–Crippen MR) is 143 cm³/mol. The molecule has 0 spiro atoms. The van der Waals surface area contributed by atoms with Crippen LogP contribution in [-0.4, -0.2) is 97.0 Å². The number of alkyl halides is 3. The van der Waals surface area contributed by atoms with Gasteiger partial charge in [0.2, 0.25) is 5.91 Å². The minimum absolute atomic E-state index is 0.00664. The van der Waals surface area contributed by atoms with Gasteiger partial charge in [-0.3, -0.25) is 14.6 Å². The lowest BCUT2D eigenvalue weighted by molar-refractivity contribution is -0.150. The molecule has 0 radical (unpaired) electrons. The van der Waals surface area contributed by atoms with Gasteiger partial charge in [0.15, 0.2) is 11.5 Å². The highest BCUT2D eigenvalue weighted by molar-refractivity contribution is 5.78. The van der Waals surface area contributed by atoms with Crippen LogP contribution >= 0.6 is 0 Å². The summed E-state index contributed by atoms with van der Waals surface area (Å²) in [7, 11) is 0. The number of carboxylic acid groups (broad SMARTS) is 1. The highest BCUT2D eigenvalue weighted by Gasteiger charge is 2.41. The van der Waals surface area contributed by atoms with Crippen LogP contribution in [-0.2, 0) is 28.7 Å². The van der Waals surface area contributed by atoms with E-state index in [-0.39, 0.29) is 80.3 Å². The van der Waals surface area contributed by atoms with Crippen LogP contribution in [0.5, 0.6) is 0 Å². The van der Waals surface area contributed by atoms with Crippen molar-refractivity contribution in [2.45, 2.75) is 77.2 Å². The summed E-state index contributed by atoms with van der Waals surface area (Å²) < 4.78 is 60.8. The lowest BCUT2D eigenvalue weighted by Crippen LogP contribution is -2.59. The highest BCUT2D eigenvalue weighted by Crippen LogP contribution is 2.36. The number of halogens is 4. The Bertz CT molecular complexity index is 1300. The Morgan fingerprint density at radius 1 is 1.19 bits per heavy atom. The van der Waals surface area contributed by atoms with Crippen molar-refractivity contribution < 1.29 is 42.1 Å². The molecule has 2 aromatic rings. The second-order valence-corrected chi connectivity index (χ2v) is 11.7. The summed E-state index contributed by atoms with van der Waals surface area (Å²) in [5, 5.41) is 21.4. The topological polar surface area (TPSA) is 119 Å². The summed E-state index contributed by atoms with van der Waals surface area (Å²) in [4.78, 5) is 37.3. The Kier molecular flexibility index (Phi) is 9.09. The number of fused-ring (bicyclic) bond motifs is 1. The lowest BCUT2D eigenvalue weighted by atomic mass is 9.98. The number of aromatic nitrogens is 2. The Labute approximate surface area is 240 Å². The number of nitrogens with zero attached hydrogens (tertiary/aromatic N) is 5. The van der Waals surface area contributed by atoms with E-state index in [1.807, 2.05) is 0 Å². The van der Waals surface area contributed by atoms with Crippen molar-refractivity contribution in [3.8, 4) is 11.4 Å². The average Bonchev–Trinajstić information content (AvgIpc) is 2.88. The molecule has 42 heavy (non-hydrogen) atoms. The van der Waals surface area contributed by atoms with Gasteiger partial charge in [0.1, 0.15) is 18.7 Å². The second-order valence-electron chi connectivity index (χ2n) is 11.7. The zero-order valence-corrected chi connectivity index (χ0v) is 23.9. The molecule has 0 saturated carbocycles. The first kappa shape index (κ1) is 31.6. The van der Waals surface area contributed by atoms with Crippen LogP contribution in [0.1, 0.15) is 51.1 Å². The van der Waals surface area contributed by atoms with Crippen LogP contribution in [0.2, 0.25) is 0 Å². The van der Waals surface area contributed by atoms with Gasteiger partial charge in [-0.2, -0.15) is 13.2 Å². The SMILES string of the molecule is C[C@H]1CN(C[C@H](CC(O)N2CCc3c(nc(-c4ccc(F)cc4)nc3C(F)(F)F)C2)N(C(=O)O)C(C)(C)C)C(=O)CO1. The maximum absolute atomic E-state index is 14.0. The Hall–Kier alpha value is -3.36. The summed E-state index contributed by atoms with van der Waals surface area (Å²) in [6.07, 6.45) is -7.72. The molecule has 2 amide bonds. The summed E-state index contributed by atoms with van der Waals surface area (Å²) >= 11 is 0. The van der Waals surface area contributed by atoms with Gasteiger partial charge >= 0.3 is 12.3 Å². The standard InChI is InChI=1S/C28H35F4N5O5/c1-16-12-36(23(39)15-42-16)13-19(37(26(40)41)27(2,3)4)11-22(38)35-10-9-20-21(14-35)33-25(34-24(20)28(30,31)32)17-5-7-18(29)8-6-17/h5-8,16,19,22,38H,9-15H2,1-4H3,(H,40,41)/t16-,19-,22?/m0/s1. The number of morpholine rings is 1. The maximum Gasteiger partial charge on any atom is 0.433 e. The minimum atomic E-state index is -4.76. The smallest absolute Gasteiger partial charge is 0.433 e. The fourth-order valence-corrected chi connectivity index (χ4v) is 5.51. The Balaban J connectivity index is 1.63. The van der Waals surface area contributed by atoms with Crippen molar-refractivity contribution in [2.75, 3.05) is 26.2 Å². The van der Waals surface area contributed by atoms with Gasteiger partial charge in [0, 0.05) is 49.3 Å². The van der Waals surface area contributed by atoms with Crippen molar-refractivity contribution in [3.63, 3.8) is 0 Å². The number of amides is 2. The number of carbonyl (C=O) groups is 2. The van der Waals surface area contributed by atoms with E-state index in [2.05, 4.69) is 9.97 Å². The summed E-state index contributed by atoms with van der Waals surface area (Å²) in [6.45, 7) is 6.91. The molecule has 2 N–H and O–H groups in total. The fraction of sp³-hybridized carbons (Fsp3) is 0.571. The molecule has 0 aliphatic carbocycles. The molecule has 0 bridgehead atoms. The zero-order chi connectivity index (χ0) is 31.0. The number of carbonyl (C=O) groups excluding carboxylic acids is 1. The van der Waals surface area contributed by atoms with E-state index in [9.17, 15) is 37.4 Å². The van der Waals surface area contributed by atoms with Crippen molar-refractivity contribution >= 4 is 12.0 Å². The van der Waals surface area contributed by atoms with Gasteiger partial charge in [-0.15, -0.1) is 0 Å². The number of hydrogen-bond donors (Lipinski definition) is 2. The van der Waals surface area contributed by atoms with E-state index in [1.54, 1.807) is 27.7 Å². The highest BCUT2D eigenvalue weighted by atomic mass is 19.4. The van der Waals surface area contributed by atoms with Gasteiger partial charge in [0.05, 0.1) is 17.8 Å². The molecule has 1 aromatic heterocycles. The number of aliphatic hydroxyl groups is 1. The molecule has 2 aliphatic heterocycles. The largest absolute Gasteiger partial charge is 0.465 e. The molecule has 230 valence electrons.